The van der Waals surface area contributed by atoms with Crippen molar-refractivity contribution in [1.82, 2.24) is 24.1 Å². The molecule has 10 aromatic carbocycles. The zero-order chi connectivity index (χ0) is 47.7. The minimum Gasteiger partial charge on any atom is -0.309 e. The quantitative estimate of drug-likeness (QED) is 0.149. The van der Waals surface area contributed by atoms with E-state index in [1.807, 2.05) is 20.0 Å². The van der Waals surface area contributed by atoms with Crippen molar-refractivity contribution in [1.29, 1.82) is 5.26 Å². The largest absolute Gasteiger partial charge is 0.309 e. The molecule has 0 bridgehead atoms. The zero-order valence-electron chi connectivity index (χ0n) is 39.4. The van der Waals surface area contributed by atoms with E-state index in [2.05, 4.69) is 231 Å². The minimum atomic E-state index is 0.522. The van der Waals surface area contributed by atoms with E-state index in [1.165, 1.54) is 10.8 Å². The van der Waals surface area contributed by atoms with Crippen molar-refractivity contribution < 1.29 is 0 Å². The molecule has 0 saturated carbocycles. The van der Waals surface area contributed by atoms with Crippen LogP contribution in [0.1, 0.15) is 5.56 Å². The van der Waals surface area contributed by atoms with Gasteiger partial charge in [-0.15, -0.1) is 0 Å². The van der Waals surface area contributed by atoms with Gasteiger partial charge in [0.05, 0.1) is 33.3 Å². The molecule has 3 heterocycles. The summed E-state index contributed by atoms with van der Waals surface area (Å²) in [4.78, 5) is 15.7. The zero-order valence-corrected chi connectivity index (χ0v) is 39.4. The molecule has 328 valence electrons. The molecule has 6 nitrogen and oxygen atoms in total. The number of rotatable bonds is 7. The Balaban J connectivity index is 1.04. The van der Waals surface area contributed by atoms with Gasteiger partial charge in [0.25, 0.3) is 0 Å². The second-order valence-corrected chi connectivity index (χ2v) is 18.4. The fourth-order valence-electron chi connectivity index (χ4n) is 10.9. The van der Waals surface area contributed by atoms with E-state index >= 15 is 0 Å². The molecule has 0 N–H and O–H groups in total. The summed E-state index contributed by atoms with van der Waals surface area (Å²) >= 11 is 0. The lowest BCUT2D eigenvalue weighted by atomic mass is 9.69. The van der Waals surface area contributed by atoms with Crippen LogP contribution in [0.25, 0.3) is 122 Å². The fraction of sp³-hybridized carbons (Fsp3) is 0. The normalized spacial score (nSPS) is 11.5. The second kappa shape index (κ2) is 16.8. The Hall–Kier alpha value is -9.25. The number of nitrogens with zero attached hydrogens (tertiary/aromatic N) is 6. The molecule has 71 heavy (non-hydrogen) atoms. The summed E-state index contributed by atoms with van der Waals surface area (Å²) in [5.41, 5.74) is 16.7. The van der Waals surface area contributed by atoms with Gasteiger partial charge in [0.1, 0.15) is 29.6 Å². The van der Waals surface area contributed by atoms with Crippen LogP contribution in [-0.2, 0) is 0 Å². The van der Waals surface area contributed by atoms with Crippen molar-refractivity contribution in [2.75, 3.05) is 0 Å². The number of para-hydroxylation sites is 2. The standard InChI is InChI=1S/C62H41B3N6/c63-55-49(36-66)59(71-50-21-11-9-19-46(50)47-33-34-52-53(58(47)71)48-20-10-12-22-51(48)70(52)45-32-31-39-17-7-8-18-44(39)35-45)57(65)56(64)54(55)62-68-60(42-27-23-40(24-28-42)37-13-3-1-4-14-37)67-61(69-62)43-29-25-41(26-30-43)38-15-5-2-6-16-38/h1-35H,63-65H2. The van der Waals surface area contributed by atoms with E-state index in [0.717, 1.165) is 110 Å². The lowest BCUT2D eigenvalue weighted by Crippen LogP contribution is -2.39. The van der Waals surface area contributed by atoms with Gasteiger partial charge in [0.2, 0.25) is 0 Å². The monoisotopic (exact) mass is 902 g/mol. The van der Waals surface area contributed by atoms with Crippen molar-refractivity contribution in [3.05, 3.63) is 218 Å². The van der Waals surface area contributed by atoms with Crippen LogP contribution in [0.2, 0.25) is 0 Å². The van der Waals surface area contributed by atoms with E-state index in [1.54, 1.807) is 0 Å². The van der Waals surface area contributed by atoms with Crippen LogP contribution in [0.4, 0.5) is 0 Å². The Morgan fingerprint density at radius 2 is 0.887 bits per heavy atom. The smallest absolute Gasteiger partial charge is 0.164 e. The topological polar surface area (TPSA) is 72.3 Å². The SMILES string of the molecule is Bc1c(B)c(-n2c3ccccc3c3ccc4c(c5ccccc5n4-c4ccc5ccccc5c4)c32)c(C#N)c(B)c1-c1nc(-c2ccc(-c3ccccc3)cc2)nc(-c2ccc(-c3ccccc3)cc2)n1. The van der Waals surface area contributed by atoms with Gasteiger partial charge in [-0.1, -0.05) is 198 Å². The number of fused-ring (bicyclic) bond motifs is 8. The van der Waals surface area contributed by atoms with Gasteiger partial charge in [0, 0.05) is 43.9 Å². The Morgan fingerprint density at radius 3 is 1.51 bits per heavy atom. The van der Waals surface area contributed by atoms with Crippen LogP contribution < -0.4 is 16.4 Å². The van der Waals surface area contributed by atoms with Crippen LogP contribution in [0.3, 0.4) is 0 Å². The molecule has 0 spiro atoms. The van der Waals surface area contributed by atoms with Crippen LogP contribution in [0, 0.1) is 11.3 Å². The van der Waals surface area contributed by atoms with Gasteiger partial charge < -0.3 is 9.13 Å². The molecule has 13 rings (SSSR count). The van der Waals surface area contributed by atoms with Gasteiger partial charge >= 0.3 is 0 Å². The molecule has 0 aliphatic carbocycles. The first kappa shape index (κ1) is 41.9. The van der Waals surface area contributed by atoms with Gasteiger partial charge in [-0.05, 0) is 63.4 Å². The summed E-state index contributed by atoms with van der Waals surface area (Å²) in [7, 11) is 6.33. The van der Waals surface area contributed by atoms with Gasteiger partial charge in [-0.25, -0.2) is 15.0 Å². The van der Waals surface area contributed by atoms with Gasteiger partial charge in [0.15, 0.2) is 17.5 Å². The lowest BCUT2D eigenvalue weighted by Gasteiger charge is -2.22. The number of benzene rings is 10. The highest BCUT2D eigenvalue weighted by Gasteiger charge is 2.27. The Morgan fingerprint density at radius 1 is 0.380 bits per heavy atom. The summed E-state index contributed by atoms with van der Waals surface area (Å²) in [5, 5.41) is 18.5. The molecular weight excluding hydrogens is 861 g/mol. The molecule has 0 fully saturated rings. The Bertz CT molecular complexity index is 4210. The van der Waals surface area contributed by atoms with Crippen LogP contribution in [0.15, 0.2) is 212 Å². The van der Waals surface area contributed by atoms with Crippen molar-refractivity contribution in [2.24, 2.45) is 0 Å². The summed E-state index contributed by atoms with van der Waals surface area (Å²) in [5.74, 6) is 1.64. The number of aromatic nitrogens is 5. The third kappa shape index (κ3) is 6.79. The number of hydrogen-bond acceptors (Lipinski definition) is 4. The molecule has 0 atom stereocenters. The number of hydrogen-bond donors (Lipinski definition) is 0. The fourth-order valence-corrected chi connectivity index (χ4v) is 10.9. The minimum absolute atomic E-state index is 0.522. The molecule has 13 aromatic rings. The average Bonchev–Trinajstić information content (AvgIpc) is 3.95. The highest BCUT2D eigenvalue weighted by Crippen LogP contribution is 2.42. The second-order valence-electron chi connectivity index (χ2n) is 18.4. The van der Waals surface area contributed by atoms with E-state index in [9.17, 15) is 5.26 Å². The molecule has 0 aliphatic heterocycles. The van der Waals surface area contributed by atoms with Crippen LogP contribution >= 0.6 is 0 Å². The Kier molecular flexibility index (Phi) is 9.89. The molecule has 0 unspecified atom stereocenters. The predicted molar refractivity (Wildman–Crippen MR) is 302 cm³/mol. The maximum atomic E-state index is 11.5. The molecule has 0 radical (unpaired) electrons. The van der Waals surface area contributed by atoms with E-state index in [0.29, 0.717) is 23.0 Å². The van der Waals surface area contributed by atoms with Crippen molar-refractivity contribution >= 4 is 94.3 Å². The lowest BCUT2D eigenvalue weighted by molar-refractivity contribution is 1.08. The van der Waals surface area contributed by atoms with Crippen molar-refractivity contribution in [3.63, 3.8) is 0 Å². The first-order valence-electron chi connectivity index (χ1n) is 24.0. The summed E-state index contributed by atoms with van der Waals surface area (Å²) < 4.78 is 4.74. The van der Waals surface area contributed by atoms with Crippen molar-refractivity contribution in [2.45, 2.75) is 0 Å². The average molecular weight is 902 g/mol. The summed E-state index contributed by atoms with van der Waals surface area (Å²) in [6.45, 7) is 0. The van der Waals surface area contributed by atoms with Crippen molar-refractivity contribution in [3.8, 4) is 73.9 Å². The van der Waals surface area contributed by atoms with Crippen LogP contribution in [0.5, 0.6) is 0 Å². The summed E-state index contributed by atoms with van der Waals surface area (Å²) in [6.07, 6.45) is 0. The number of nitriles is 1. The third-order valence-corrected chi connectivity index (χ3v) is 14.4. The molecular formula is C62H41B3N6. The van der Waals surface area contributed by atoms with Gasteiger partial charge in [-0.3, -0.25) is 0 Å². The predicted octanol–water partition coefficient (Wildman–Crippen LogP) is 10.2. The third-order valence-electron chi connectivity index (χ3n) is 14.4. The molecule has 0 amide bonds. The summed E-state index contributed by atoms with van der Waals surface area (Å²) in [6, 6.07) is 77.3. The van der Waals surface area contributed by atoms with Crippen LogP contribution in [-0.4, -0.2) is 47.6 Å². The van der Waals surface area contributed by atoms with E-state index in [-0.39, 0.29) is 0 Å². The van der Waals surface area contributed by atoms with Gasteiger partial charge in [-0.2, -0.15) is 5.26 Å². The molecule has 3 aromatic heterocycles. The highest BCUT2D eigenvalue weighted by atomic mass is 15.0. The highest BCUT2D eigenvalue weighted by molar-refractivity contribution is 6.56. The molecule has 0 aliphatic rings. The molecule has 9 heteroatoms. The Labute approximate surface area is 413 Å². The maximum Gasteiger partial charge on any atom is 0.164 e. The van der Waals surface area contributed by atoms with E-state index in [4.69, 9.17) is 15.0 Å². The molecule has 0 saturated heterocycles. The van der Waals surface area contributed by atoms with E-state index < -0.39 is 0 Å². The first-order chi connectivity index (χ1) is 34.9. The first-order valence-corrected chi connectivity index (χ1v) is 24.0. The maximum absolute atomic E-state index is 11.5.